The van der Waals surface area contributed by atoms with Gasteiger partial charge in [-0.25, -0.2) is 14.4 Å². The second-order valence-electron chi connectivity index (χ2n) is 3.70. The summed E-state index contributed by atoms with van der Waals surface area (Å²) in [6, 6.07) is 5.92. The zero-order valence-electron chi connectivity index (χ0n) is 9.74. The van der Waals surface area contributed by atoms with Crippen molar-refractivity contribution in [2.24, 2.45) is 0 Å². The Kier molecular flexibility index (Phi) is 3.62. The van der Waals surface area contributed by atoms with Gasteiger partial charge in [0.15, 0.2) is 0 Å². The summed E-state index contributed by atoms with van der Waals surface area (Å²) in [5, 5.41) is 3.19. The number of nitrogens with zero attached hydrogens (tertiary/aromatic N) is 2. The van der Waals surface area contributed by atoms with E-state index in [1.807, 2.05) is 6.92 Å². The van der Waals surface area contributed by atoms with Gasteiger partial charge >= 0.3 is 0 Å². The highest BCUT2D eigenvalue weighted by Gasteiger charge is 2.06. The number of aromatic nitrogens is 2. The Morgan fingerprint density at radius 1 is 1.33 bits per heavy atom. The van der Waals surface area contributed by atoms with Gasteiger partial charge in [-0.05, 0) is 18.2 Å². The minimum absolute atomic E-state index is 0.291. The molecule has 6 heteroatoms. The molecule has 0 atom stereocenters. The molecule has 0 aliphatic carbocycles. The minimum atomic E-state index is -0.447. The minimum Gasteiger partial charge on any atom is -0.384 e. The molecule has 2 rings (SSSR count). The van der Waals surface area contributed by atoms with Gasteiger partial charge in [-0.2, -0.15) is 0 Å². The van der Waals surface area contributed by atoms with E-state index in [9.17, 15) is 4.39 Å². The van der Waals surface area contributed by atoms with Crippen LogP contribution < -0.4 is 11.1 Å². The van der Waals surface area contributed by atoms with Crippen LogP contribution in [0.4, 0.5) is 21.7 Å². The predicted molar refractivity (Wildman–Crippen MR) is 70.5 cm³/mol. The van der Waals surface area contributed by atoms with Crippen LogP contribution in [0, 0.1) is 5.82 Å². The van der Waals surface area contributed by atoms with E-state index in [-0.39, 0.29) is 0 Å². The lowest BCUT2D eigenvalue weighted by molar-refractivity contribution is 0.632. The number of hydrogen-bond acceptors (Lipinski definition) is 4. The molecule has 0 saturated heterocycles. The van der Waals surface area contributed by atoms with E-state index >= 15 is 0 Å². The van der Waals surface area contributed by atoms with Crippen LogP contribution >= 0.6 is 11.6 Å². The lowest BCUT2D eigenvalue weighted by Gasteiger charge is -2.08. The Morgan fingerprint density at radius 2 is 2.11 bits per heavy atom. The Hall–Kier alpha value is -1.88. The second-order valence-corrected chi connectivity index (χ2v) is 4.13. The Balaban J connectivity index is 2.30. The number of nitrogens with two attached hydrogens (primary N) is 1. The highest BCUT2D eigenvalue weighted by molar-refractivity contribution is 6.30. The Bertz CT molecular complexity index is 574. The average Bonchev–Trinajstić information content (AvgIpc) is 2.32. The lowest BCUT2D eigenvalue weighted by atomic mass is 10.3. The molecule has 0 radical (unpaired) electrons. The summed E-state index contributed by atoms with van der Waals surface area (Å²) in [5.41, 5.74) is 5.94. The topological polar surface area (TPSA) is 63.8 Å². The first-order chi connectivity index (χ1) is 8.58. The molecule has 0 aliphatic rings. The summed E-state index contributed by atoms with van der Waals surface area (Å²) in [5.74, 6) is 0.962. The molecule has 18 heavy (non-hydrogen) atoms. The summed E-state index contributed by atoms with van der Waals surface area (Å²) in [4.78, 5) is 8.25. The van der Waals surface area contributed by atoms with E-state index in [4.69, 9.17) is 17.3 Å². The van der Waals surface area contributed by atoms with E-state index in [1.165, 1.54) is 6.07 Å². The third-order valence-corrected chi connectivity index (χ3v) is 2.54. The summed E-state index contributed by atoms with van der Waals surface area (Å²) < 4.78 is 13.6. The maximum absolute atomic E-state index is 13.6. The summed E-state index contributed by atoms with van der Waals surface area (Å²) in [6.45, 7) is 1.92. The number of halogens is 2. The van der Waals surface area contributed by atoms with Gasteiger partial charge in [0, 0.05) is 17.5 Å². The molecular weight excluding hydrogens is 255 g/mol. The summed E-state index contributed by atoms with van der Waals surface area (Å²) in [7, 11) is 0. The molecule has 0 saturated carbocycles. The van der Waals surface area contributed by atoms with E-state index in [0.717, 1.165) is 0 Å². The van der Waals surface area contributed by atoms with Crippen molar-refractivity contribution in [1.82, 2.24) is 9.97 Å². The van der Waals surface area contributed by atoms with Gasteiger partial charge in [0.2, 0.25) is 0 Å². The van der Waals surface area contributed by atoms with Crippen molar-refractivity contribution in [3.8, 4) is 0 Å². The smallest absolute Gasteiger partial charge is 0.148 e. The van der Waals surface area contributed by atoms with E-state index in [2.05, 4.69) is 15.3 Å². The molecule has 0 fully saturated rings. The van der Waals surface area contributed by atoms with Gasteiger partial charge < -0.3 is 11.1 Å². The standard InChI is InChI=1S/C12H12ClFN4/c1-2-11-17-10(15)6-12(18-11)16-9-4-3-7(13)5-8(9)14/h3-6H,2H2,1H3,(H3,15,16,17,18). The maximum Gasteiger partial charge on any atom is 0.148 e. The largest absolute Gasteiger partial charge is 0.384 e. The number of aryl methyl sites for hydroxylation is 1. The quantitative estimate of drug-likeness (QED) is 0.896. The van der Waals surface area contributed by atoms with Gasteiger partial charge in [-0.1, -0.05) is 18.5 Å². The SMILES string of the molecule is CCc1nc(N)cc(Nc2ccc(Cl)cc2F)n1. The van der Waals surface area contributed by atoms with Gasteiger partial charge in [0.25, 0.3) is 0 Å². The van der Waals surface area contributed by atoms with Crippen molar-refractivity contribution in [1.29, 1.82) is 0 Å². The highest BCUT2D eigenvalue weighted by Crippen LogP contribution is 2.22. The molecule has 1 aromatic heterocycles. The first-order valence-electron chi connectivity index (χ1n) is 5.44. The lowest BCUT2D eigenvalue weighted by Crippen LogP contribution is -2.03. The molecular formula is C12H12ClFN4. The average molecular weight is 267 g/mol. The molecule has 94 valence electrons. The number of anilines is 3. The van der Waals surface area contributed by atoms with Crippen LogP contribution in [0.5, 0.6) is 0 Å². The fourth-order valence-electron chi connectivity index (χ4n) is 1.47. The third kappa shape index (κ3) is 2.87. The maximum atomic E-state index is 13.6. The van der Waals surface area contributed by atoms with Crippen molar-refractivity contribution in [3.63, 3.8) is 0 Å². The molecule has 0 unspecified atom stereocenters. The fraction of sp³-hybridized carbons (Fsp3) is 0.167. The van der Waals surface area contributed by atoms with E-state index < -0.39 is 5.82 Å². The number of nitrogen functional groups attached to an aromatic ring is 1. The van der Waals surface area contributed by atoms with E-state index in [0.29, 0.717) is 34.6 Å². The van der Waals surface area contributed by atoms with Crippen molar-refractivity contribution in [3.05, 3.63) is 40.9 Å². The second kappa shape index (κ2) is 5.18. The molecule has 1 heterocycles. The predicted octanol–water partition coefficient (Wildman–Crippen LogP) is 3.16. The number of benzene rings is 1. The van der Waals surface area contributed by atoms with Crippen molar-refractivity contribution < 1.29 is 4.39 Å². The number of nitrogens with one attached hydrogen (secondary N) is 1. The van der Waals surface area contributed by atoms with Crippen LogP contribution in [-0.2, 0) is 6.42 Å². The zero-order chi connectivity index (χ0) is 13.1. The monoisotopic (exact) mass is 266 g/mol. The van der Waals surface area contributed by atoms with Crippen LogP contribution in [-0.4, -0.2) is 9.97 Å². The molecule has 1 aromatic carbocycles. The Labute approximate surface area is 109 Å². The molecule has 0 aliphatic heterocycles. The zero-order valence-corrected chi connectivity index (χ0v) is 10.5. The van der Waals surface area contributed by atoms with Crippen molar-refractivity contribution in [2.45, 2.75) is 13.3 Å². The van der Waals surface area contributed by atoms with Crippen molar-refractivity contribution in [2.75, 3.05) is 11.1 Å². The van der Waals surface area contributed by atoms with Crippen LogP contribution in [0.15, 0.2) is 24.3 Å². The molecule has 3 N–H and O–H groups in total. The van der Waals surface area contributed by atoms with Crippen LogP contribution in [0.2, 0.25) is 5.02 Å². The normalized spacial score (nSPS) is 10.4. The molecule has 4 nitrogen and oxygen atoms in total. The molecule has 0 amide bonds. The summed E-state index contributed by atoms with van der Waals surface area (Å²) >= 11 is 5.68. The first kappa shape index (κ1) is 12.6. The van der Waals surface area contributed by atoms with Gasteiger partial charge in [-0.3, -0.25) is 0 Å². The van der Waals surface area contributed by atoms with Crippen LogP contribution in [0.1, 0.15) is 12.7 Å². The van der Waals surface area contributed by atoms with Crippen LogP contribution in [0.3, 0.4) is 0 Å². The molecule has 2 aromatic rings. The number of rotatable bonds is 3. The molecule has 0 bridgehead atoms. The molecule has 0 spiro atoms. The first-order valence-corrected chi connectivity index (χ1v) is 5.82. The van der Waals surface area contributed by atoms with Gasteiger partial charge in [0.1, 0.15) is 23.3 Å². The Morgan fingerprint density at radius 3 is 2.78 bits per heavy atom. The van der Waals surface area contributed by atoms with Crippen molar-refractivity contribution >= 4 is 28.9 Å². The van der Waals surface area contributed by atoms with E-state index in [1.54, 1.807) is 18.2 Å². The van der Waals surface area contributed by atoms with Gasteiger partial charge in [-0.15, -0.1) is 0 Å². The summed E-state index contributed by atoms with van der Waals surface area (Å²) in [6.07, 6.45) is 0.656. The van der Waals surface area contributed by atoms with Crippen LogP contribution in [0.25, 0.3) is 0 Å². The fourth-order valence-corrected chi connectivity index (χ4v) is 1.63. The van der Waals surface area contributed by atoms with Gasteiger partial charge in [0.05, 0.1) is 5.69 Å². The third-order valence-electron chi connectivity index (χ3n) is 2.30. The number of hydrogen-bond donors (Lipinski definition) is 2. The highest BCUT2D eigenvalue weighted by atomic mass is 35.5.